The number of nitrogens with one attached hydrogen (secondary N) is 2. The number of imide groups is 1. The minimum Gasteiger partial charge on any atom is -0.489 e. The largest absolute Gasteiger partial charge is 0.489 e. The van der Waals surface area contributed by atoms with E-state index in [1.165, 1.54) is 0 Å². The number of rotatable bonds is 9. The van der Waals surface area contributed by atoms with Gasteiger partial charge >= 0.3 is 0 Å². The van der Waals surface area contributed by atoms with Crippen molar-refractivity contribution in [3.63, 3.8) is 0 Å². The minimum absolute atomic E-state index is 0.149. The number of benzene rings is 2. The molecule has 308 valence electrons. The van der Waals surface area contributed by atoms with Crippen molar-refractivity contribution in [3.05, 3.63) is 81.2 Å². The molecule has 1 saturated carbocycles. The molecular formula is C43H49ClN10O5. The topological polar surface area (TPSA) is 179 Å². The molecule has 8 rings (SSSR count). The molecule has 4 aliphatic rings. The van der Waals surface area contributed by atoms with Crippen molar-refractivity contribution in [2.45, 2.75) is 71.6 Å². The van der Waals surface area contributed by atoms with Gasteiger partial charge in [-0.15, -0.1) is 5.10 Å². The van der Waals surface area contributed by atoms with Crippen molar-refractivity contribution in [3.8, 4) is 11.8 Å². The van der Waals surface area contributed by atoms with E-state index < -0.39 is 11.9 Å². The van der Waals surface area contributed by atoms with Crippen molar-refractivity contribution >= 4 is 51.7 Å². The number of carbonyl (C=O) groups is 3. The van der Waals surface area contributed by atoms with Crippen LogP contribution in [0.15, 0.2) is 59.5 Å². The fraction of sp³-hybridized carbons (Fsp3) is 0.488. The first kappa shape index (κ1) is 40.2. The maximum atomic E-state index is 13.5. The highest BCUT2D eigenvalue weighted by atomic mass is 35.5. The molecule has 4 fully saturated rings. The third-order valence-electron chi connectivity index (χ3n) is 12.8. The Hall–Kier alpha value is -5.59. The first-order valence-electron chi connectivity index (χ1n) is 20.3. The van der Waals surface area contributed by atoms with Crippen LogP contribution < -0.4 is 30.7 Å². The lowest BCUT2D eigenvalue weighted by Crippen LogP contribution is -2.74. The summed E-state index contributed by atoms with van der Waals surface area (Å²) in [5.74, 6) is 0.962. The number of nitriles is 1. The number of piperazine rings is 1. The number of hydrogen-bond donors (Lipinski definition) is 2. The van der Waals surface area contributed by atoms with E-state index in [1.54, 1.807) is 30.5 Å². The second kappa shape index (κ2) is 15.9. The molecule has 0 spiro atoms. The number of carbonyl (C=O) groups excluding carboxylic acids is 3. The minimum atomic E-state index is -0.854. The number of pyridine rings is 1. The summed E-state index contributed by atoms with van der Waals surface area (Å²) in [5, 5.41) is 23.7. The Morgan fingerprint density at radius 2 is 1.69 bits per heavy atom. The van der Waals surface area contributed by atoms with Gasteiger partial charge in [-0.2, -0.15) is 9.94 Å². The Bertz CT molecular complexity index is 2360. The second-order valence-corrected chi connectivity index (χ2v) is 17.8. The Labute approximate surface area is 347 Å². The van der Waals surface area contributed by atoms with E-state index in [4.69, 9.17) is 21.3 Å². The number of nitrogens with zero attached hydrogens (tertiary/aromatic N) is 8. The third-order valence-corrected chi connectivity index (χ3v) is 13.1. The van der Waals surface area contributed by atoms with E-state index >= 15 is 0 Å². The van der Waals surface area contributed by atoms with Crippen molar-refractivity contribution in [2.24, 2.45) is 16.7 Å². The predicted molar refractivity (Wildman–Crippen MR) is 222 cm³/mol. The van der Waals surface area contributed by atoms with Crippen molar-refractivity contribution < 1.29 is 19.1 Å². The summed E-state index contributed by atoms with van der Waals surface area (Å²) in [5.41, 5.74) is 1.20. The Morgan fingerprint density at radius 1 is 0.949 bits per heavy atom. The first-order valence-corrected chi connectivity index (χ1v) is 20.7. The number of anilines is 2. The van der Waals surface area contributed by atoms with Gasteiger partial charge in [-0.3, -0.25) is 29.4 Å². The van der Waals surface area contributed by atoms with Crippen molar-refractivity contribution in [2.75, 3.05) is 55.6 Å². The molecule has 59 heavy (non-hydrogen) atoms. The number of piperidine rings is 2. The Balaban J connectivity index is 0.802. The van der Waals surface area contributed by atoms with Crippen LogP contribution in [0.2, 0.25) is 5.02 Å². The fourth-order valence-electron chi connectivity index (χ4n) is 9.78. The number of amides is 3. The summed E-state index contributed by atoms with van der Waals surface area (Å²) >= 11 is 6.25. The molecule has 3 amide bonds. The number of ether oxygens (including phenoxy) is 1. The quantitative estimate of drug-likeness (QED) is 0.229. The van der Waals surface area contributed by atoms with Crippen molar-refractivity contribution in [1.29, 1.82) is 5.26 Å². The Kier molecular flexibility index (Phi) is 10.8. The van der Waals surface area contributed by atoms with Crippen LogP contribution in [-0.4, -0.2) is 101 Å². The van der Waals surface area contributed by atoms with Gasteiger partial charge in [0.25, 0.3) is 17.4 Å². The van der Waals surface area contributed by atoms with E-state index in [0.29, 0.717) is 38.7 Å². The summed E-state index contributed by atoms with van der Waals surface area (Å²) in [6.07, 6.45) is 3.91. The van der Waals surface area contributed by atoms with E-state index in [9.17, 15) is 24.4 Å². The zero-order valence-corrected chi connectivity index (χ0v) is 34.5. The number of hydrogen-bond acceptors (Lipinski definition) is 12. The van der Waals surface area contributed by atoms with Gasteiger partial charge in [0.05, 0.1) is 21.5 Å². The lowest BCUT2D eigenvalue weighted by atomic mass is 9.49. The number of halogens is 1. The molecule has 2 N–H and O–H groups in total. The van der Waals surface area contributed by atoms with Crippen LogP contribution in [0.25, 0.3) is 10.9 Å². The van der Waals surface area contributed by atoms with E-state index in [1.807, 2.05) is 24.3 Å². The molecule has 0 radical (unpaired) electrons. The maximum absolute atomic E-state index is 13.5. The molecule has 3 saturated heterocycles. The highest BCUT2D eigenvalue weighted by Crippen LogP contribution is 2.55. The lowest BCUT2D eigenvalue weighted by molar-refractivity contribution is -0.164. The molecule has 2 aromatic heterocycles. The van der Waals surface area contributed by atoms with Crippen molar-refractivity contribution in [1.82, 2.24) is 35.5 Å². The van der Waals surface area contributed by atoms with Crippen LogP contribution in [0.5, 0.6) is 5.75 Å². The van der Waals surface area contributed by atoms with Gasteiger partial charge in [-0.25, -0.2) is 4.98 Å². The molecule has 3 aliphatic heterocycles. The molecule has 4 aromatic rings. The highest BCUT2D eigenvalue weighted by Gasteiger charge is 2.64. The SMILES string of the molecule is CC1(C)[C@H](NC(=O)c2ccc(N3CCN(CC4CCN(c5ccc6nnn(C7CCC(=O)NC7=O)c(=O)c6c5)CC4)CC3)nc2)C(C)(C)[C@H]1Oc1ccc(C#N)c(Cl)c1. The van der Waals surface area contributed by atoms with Gasteiger partial charge in [-0.05, 0) is 67.6 Å². The van der Waals surface area contributed by atoms with Crippen LogP contribution >= 0.6 is 11.6 Å². The molecule has 16 heteroatoms. The van der Waals surface area contributed by atoms with Gasteiger partial charge in [0.1, 0.15) is 35.3 Å². The lowest BCUT2D eigenvalue weighted by Gasteiger charge is -2.63. The maximum Gasteiger partial charge on any atom is 0.278 e. The van der Waals surface area contributed by atoms with Crippen LogP contribution in [0.1, 0.15) is 75.3 Å². The number of aromatic nitrogens is 4. The third kappa shape index (κ3) is 7.83. The van der Waals surface area contributed by atoms with E-state index in [2.05, 4.69) is 69.4 Å². The average Bonchev–Trinajstić information content (AvgIpc) is 3.23. The fourth-order valence-corrected chi connectivity index (χ4v) is 9.99. The molecule has 15 nitrogen and oxygen atoms in total. The summed E-state index contributed by atoms with van der Waals surface area (Å²) in [7, 11) is 0. The standard InChI is InChI=1S/C43H49ClN10O5/c1-42(2)40(43(3,4)41(42)59-30-8-5-27(23-45)32(44)22-30)48-37(56)28-6-11-35(46-24-28)53-19-17-51(18-20-53)25-26-13-15-52(16-14-26)29-7-9-33-31(21-29)39(58)54(50-49-33)34-10-12-36(55)47-38(34)57/h5-9,11,21-22,24,26,34,40-41H,10,12-20,25H2,1-4H3,(H,48,56)(H,47,55,57)/t34?,40-,41-. The molecular weight excluding hydrogens is 772 g/mol. The second-order valence-electron chi connectivity index (χ2n) is 17.4. The zero-order chi connectivity index (χ0) is 41.6. The summed E-state index contributed by atoms with van der Waals surface area (Å²) in [6.45, 7) is 14.7. The van der Waals surface area contributed by atoms with Gasteiger partial charge < -0.3 is 19.9 Å². The number of fused-ring (bicyclic) bond motifs is 1. The van der Waals surface area contributed by atoms with Gasteiger partial charge in [0.15, 0.2) is 0 Å². The summed E-state index contributed by atoms with van der Waals surface area (Å²) in [6, 6.07) is 15.5. The normalized spacial score (nSPS) is 23.3. The predicted octanol–water partition coefficient (Wildman–Crippen LogP) is 4.34. The smallest absolute Gasteiger partial charge is 0.278 e. The molecule has 5 heterocycles. The molecule has 1 atom stereocenters. The summed E-state index contributed by atoms with van der Waals surface area (Å²) < 4.78 is 7.48. The highest BCUT2D eigenvalue weighted by molar-refractivity contribution is 6.31. The van der Waals surface area contributed by atoms with E-state index in [0.717, 1.165) is 74.8 Å². The first-order chi connectivity index (χ1) is 28.2. The van der Waals surface area contributed by atoms with Crippen LogP contribution in [0.4, 0.5) is 11.5 Å². The van der Waals surface area contributed by atoms with Crippen LogP contribution in [-0.2, 0) is 9.59 Å². The van der Waals surface area contributed by atoms with Gasteiger partial charge in [-0.1, -0.05) is 44.5 Å². The van der Waals surface area contributed by atoms with Gasteiger partial charge in [0, 0.05) is 87.1 Å². The molecule has 1 aliphatic carbocycles. The molecule has 1 unspecified atom stereocenters. The zero-order valence-electron chi connectivity index (χ0n) is 33.8. The average molecular weight is 821 g/mol. The molecule has 0 bridgehead atoms. The summed E-state index contributed by atoms with van der Waals surface area (Å²) in [4.78, 5) is 62.7. The van der Waals surface area contributed by atoms with Crippen LogP contribution in [0.3, 0.4) is 0 Å². The van der Waals surface area contributed by atoms with Gasteiger partial charge in [0.2, 0.25) is 5.91 Å². The Morgan fingerprint density at radius 3 is 2.36 bits per heavy atom. The van der Waals surface area contributed by atoms with E-state index in [-0.39, 0.29) is 53.2 Å². The van der Waals surface area contributed by atoms with Crippen LogP contribution in [0, 0.1) is 28.1 Å². The molecule has 2 aromatic carbocycles. The monoisotopic (exact) mass is 820 g/mol.